The van der Waals surface area contributed by atoms with Crippen LogP contribution < -0.4 is 0 Å². The third-order valence-corrected chi connectivity index (χ3v) is 3.10. The van der Waals surface area contributed by atoms with Gasteiger partial charge in [0.2, 0.25) is 0 Å². The second-order valence-corrected chi connectivity index (χ2v) is 4.08. The molecular formula is C12H15N3. The summed E-state index contributed by atoms with van der Waals surface area (Å²) in [6.45, 7) is 0.507. The van der Waals surface area contributed by atoms with Crippen LogP contribution in [0.1, 0.15) is 17.7 Å². The molecule has 1 unspecified atom stereocenters. The van der Waals surface area contributed by atoms with Crippen molar-refractivity contribution in [3.05, 3.63) is 29.6 Å². The highest BCUT2D eigenvalue weighted by atomic mass is 15.1. The van der Waals surface area contributed by atoms with Gasteiger partial charge in [-0.2, -0.15) is 5.26 Å². The molecule has 1 aliphatic carbocycles. The van der Waals surface area contributed by atoms with Gasteiger partial charge in [0.1, 0.15) is 0 Å². The Labute approximate surface area is 90.4 Å². The molecular weight excluding hydrogens is 186 g/mol. The Bertz CT molecular complexity index is 381. The van der Waals surface area contributed by atoms with Gasteiger partial charge in [0, 0.05) is 24.4 Å². The van der Waals surface area contributed by atoms with Crippen LogP contribution in [-0.2, 0) is 12.8 Å². The topological polar surface area (TPSA) is 39.9 Å². The molecule has 78 valence electrons. The zero-order valence-electron chi connectivity index (χ0n) is 8.98. The standard InChI is InChI=1S/C12H15N3/c1-15(8-6-13)11-5-4-10-3-2-7-14-12(10)9-11/h2-3,7,11H,4-5,8-9H2,1H3. The van der Waals surface area contributed by atoms with E-state index in [1.807, 2.05) is 19.3 Å². The van der Waals surface area contributed by atoms with E-state index in [-0.39, 0.29) is 0 Å². The monoisotopic (exact) mass is 201 g/mol. The van der Waals surface area contributed by atoms with Crippen LogP contribution in [-0.4, -0.2) is 29.5 Å². The van der Waals surface area contributed by atoms with Crippen LogP contribution in [0.3, 0.4) is 0 Å². The first kappa shape index (κ1) is 10.1. The van der Waals surface area contributed by atoms with E-state index in [9.17, 15) is 0 Å². The van der Waals surface area contributed by atoms with Crippen molar-refractivity contribution in [2.24, 2.45) is 0 Å². The molecule has 15 heavy (non-hydrogen) atoms. The van der Waals surface area contributed by atoms with Crippen molar-refractivity contribution in [3.8, 4) is 6.07 Å². The number of aromatic nitrogens is 1. The minimum Gasteiger partial charge on any atom is -0.290 e. The molecule has 1 aromatic rings. The predicted molar refractivity (Wildman–Crippen MR) is 58.3 cm³/mol. The molecule has 0 spiro atoms. The maximum absolute atomic E-state index is 8.66. The van der Waals surface area contributed by atoms with Gasteiger partial charge >= 0.3 is 0 Å². The number of pyridine rings is 1. The fraction of sp³-hybridized carbons (Fsp3) is 0.500. The van der Waals surface area contributed by atoms with E-state index in [1.54, 1.807) is 0 Å². The summed E-state index contributed by atoms with van der Waals surface area (Å²) in [7, 11) is 2.02. The number of hydrogen-bond acceptors (Lipinski definition) is 3. The molecule has 0 N–H and O–H groups in total. The smallest absolute Gasteiger partial charge is 0.0866 e. The molecule has 0 fully saturated rings. The zero-order chi connectivity index (χ0) is 10.7. The quantitative estimate of drug-likeness (QED) is 0.679. The van der Waals surface area contributed by atoms with Crippen LogP contribution in [0.4, 0.5) is 0 Å². The Morgan fingerprint density at radius 3 is 3.33 bits per heavy atom. The van der Waals surface area contributed by atoms with Crippen molar-refractivity contribution in [2.45, 2.75) is 25.3 Å². The molecule has 0 radical (unpaired) electrons. The summed E-state index contributed by atoms with van der Waals surface area (Å²) in [4.78, 5) is 6.53. The van der Waals surface area contributed by atoms with Crippen molar-refractivity contribution >= 4 is 0 Å². The lowest BCUT2D eigenvalue weighted by Crippen LogP contribution is -2.37. The molecule has 3 nitrogen and oxygen atoms in total. The Morgan fingerprint density at radius 1 is 1.67 bits per heavy atom. The van der Waals surface area contributed by atoms with E-state index in [2.05, 4.69) is 22.0 Å². The van der Waals surface area contributed by atoms with E-state index in [4.69, 9.17) is 5.26 Å². The molecule has 0 aromatic carbocycles. The minimum atomic E-state index is 0.479. The first-order valence-corrected chi connectivity index (χ1v) is 5.31. The minimum absolute atomic E-state index is 0.479. The normalized spacial score (nSPS) is 19.7. The number of nitrogens with zero attached hydrogens (tertiary/aromatic N) is 3. The molecule has 0 saturated heterocycles. The molecule has 1 heterocycles. The average Bonchev–Trinajstić information content (AvgIpc) is 2.29. The van der Waals surface area contributed by atoms with Crippen LogP contribution >= 0.6 is 0 Å². The van der Waals surface area contributed by atoms with E-state index in [0.29, 0.717) is 12.6 Å². The van der Waals surface area contributed by atoms with Gasteiger partial charge in [0.25, 0.3) is 0 Å². The molecule has 3 heteroatoms. The van der Waals surface area contributed by atoms with E-state index in [1.165, 1.54) is 11.3 Å². The Kier molecular flexibility index (Phi) is 2.98. The van der Waals surface area contributed by atoms with Gasteiger partial charge in [-0.05, 0) is 31.5 Å². The number of likely N-dealkylation sites (N-methyl/N-ethyl adjacent to an activating group) is 1. The summed E-state index contributed by atoms with van der Waals surface area (Å²) in [6, 6.07) is 6.83. The fourth-order valence-electron chi connectivity index (χ4n) is 2.15. The summed E-state index contributed by atoms with van der Waals surface area (Å²) >= 11 is 0. The maximum Gasteiger partial charge on any atom is 0.0866 e. The molecule has 0 amide bonds. The maximum atomic E-state index is 8.66. The summed E-state index contributed by atoms with van der Waals surface area (Å²) in [5.74, 6) is 0. The lowest BCUT2D eigenvalue weighted by Gasteiger charge is -2.30. The van der Waals surface area contributed by atoms with Crippen LogP contribution in [0.25, 0.3) is 0 Å². The van der Waals surface area contributed by atoms with E-state index in [0.717, 1.165) is 19.3 Å². The van der Waals surface area contributed by atoms with Gasteiger partial charge in [-0.15, -0.1) is 0 Å². The van der Waals surface area contributed by atoms with Gasteiger partial charge in [-0.3, -0.25) is 9.88 Å². The molecule has 2 rings (SSSR count). The highest BCUT2D eigenvalue weighted by Gasteiger charge is 2.22. The zero-order valence-corrected chi connectivity index (χ0v) is 8.98. The van der Waals surface area contributed by atoms with Crippen molar-refractivity contribution < 1.29 is 0 Å². The van der Waals surface area contributed by atoms with Crippen LogP contribution in [0.15, 0.2) is 18.3 Å². The SMILES string of the molecule is CN(CC#N)C1CCc2cccnc2C1. The van der Waals surface area contributed by atoms with E-state index >= 15 is 0 Å². The largest absolute Gasteiger partial charge is 0.290 e. The summed E-state index contributed by atoms with van der Waals surface area (Å²) in [6.07, 6.45) is 5.06. The number of nitriles is 1. The average molecular weight is 201 g/mol. The van der Waals surface area contributed by atoms with Gasteiger partial charge in [-0.1, -0.05) is 6.07 Å². The van der Waals surface area contributed by atoms with Gasteiger partial charge in [0.05, 0.1) is 12.6 Å². The number of fused-ring (bicyclic) bond motifs is 1. The van der Waals surface area contributed by atoms with Gasteiger partial charge in [-0.25, -0.2) is 0 Å². The van der Waals surface area contributed by atoms with Crippen LogP contribution in [0.2, 0.25) is 0 Å². The second kappa shape index (κ2) is 4.41. The lowest BCUT2D eigenvalue weighted by atomic mass is 9.91. The predicted octanol–water partition coefficient (Wildman–Crippen LogP) is 1.39. The van der Waals surface area contributed by atoms with E-state index < -0.39 is 0 Å². The van der Waals surface area contributed by atoms with Gasteiger partial charge in [0.15, 0.2) is 0 Å². The highest BCUT2D eigenvalue weighted by molar-refractivity contribution is 5.23. The van der Waals surface area contributed by atoms with Crippen molar-refractivity contribution in [3.63, 3.8) is 0 Å². The fourth-order valence-corrected chi connectivity index (χ4v) is 2.15. The molecule has 0 saturated carbocycles. The third-order valence-electron chi connectivity index (χ3n) is 3.10. The Morgan fingerprint density at radius 2 is 2.53 bits per heavy atom. The molecule has 1 atom stereocenters. The summed E-state index contributed by atoms with van der Waals surface area (Å²) < 4.78 is 0. The molecule has 1 aromatic heterocycles. The molecule has 1 aliphatic rings. The summed E-state index contributed by atoms with van der Waals surface area (Å²) in [5, 5.41) is 8.66. The Hall–Kier alpha value is -1.40. The number of aryl methyl sites for hydroxylation is 1. The first-order valence-electron chi connectivity index (χ1n) is 5.31. The van der Waals surface area contributed by atoms with Crippen molar-refractivity contribution in [1.82, 2.24) is 9.88 Å². The second-order valence-electron chi connectivity index (χ2n) is 4.08. The van der Waals surface area contributed by atoms with Crippen molar-refractivity contribution in [1.29, 1.82) is 5.26 Å². The van der Waals surface area contributed by atoms with Crippen LogP contribution in [0.5, 0.6) is 0 Å². The third kappa shape index (κ3) is 2.16. The lowest BCUT2D eigenvalue weighted by molar-refractivity contribution is 0.244. The molecule has 0 bridgehead atoms. The molecule has 0 aliphatic heterocycles. The Balaban J connectivity index is 2.09. The summed E-state index contributed by atoms with van der Waals surface area (Å²) in [5.41, 5.74) is 2.58. The van der Waals surface area contributed by atoms with Gasteiger partial charge < -0.3 is 0 Å². The first-order chi connectivity index (χ1) is 7.31. The number of hydrogen-bond donors (Lipinski definition) is 0. The van der Waals surface area contributed by atoms with Crippen LogP contribution in [0, 0.1) is 11.3 Å². The highest BCUT2D eigenvalue weighted by Crippen LogP contribution is 2.21. The van der Waals surface area contributed by atoms with Crippen molar-refractivity contribution in [2.75, 3.05) is 13.6 Å². The number of rotatable bonds is 2.